The van der Waals surface area contributed by atoms with E-state index in [0.29, 0.717) is 17.5 Å². The number of nitrogens with zero attached hydrogens (tertiary/aromatic N) is 3. The lowest BCUT2D eigenvalue weighted by molar-refractivity contribution is 0.0994. The van der Waals surface area contributed by atoms with Crippen molar-refractivity contribution in [2.24, 2.45) is 0 Å². The van der Waals surface area contributed by atoms with Crippen LogP contribution in [0.2, 0.25) is 0 Å². The molecule has 0 amide bonds. The SMILES string of the molecule is O=C(Cc1cc(-c2ccc(-c3nc(-c4ccccc4)nc(-c4ccccc4)n3)cc2)ccc1-c1ccccc1-c1ccccc1)c1cccc2ccccc12. The Morgan fingerprint density at radius 3 is 1.47 bits per heavy atom. The van der Waals surface area contributed by atoms with E-state index >= 15 is 0 Å². The van der Waals surface area contributed by atoms with Crippen LogP contribution in [-0.4, -0.2) is 20.7 Å². The Kier molecular flexibility index (Phi) is 9.13. The van der Waals surface area contributed by atoms with Gasteiger partial charge in [0, 0.05) is 28.7 Å². The van der Waals surface area contributed by atoms with Crippen molar-refractivity contribution in [1.82, 2.24) is 15.0 Å². The van der Waals surface area contributed by atoms with Crippen LogP contribution in [0, 0.1) is 0 Å². The van der Waals surface area contributed by atoms with Gasteiger partial charge in [-0.1, -0.05) is 200 Å². The van der Waals surface area contributed by atoms with Gasteiger partial charge in [0.05, 0.1) is 0 Å². The minimum atomic E-state index is 0.0843. The molecule has 4 heteroatoms. The first-order chi connectivity index (χ1) is 27.2. The van der Waals surface area contributed by atoms with Gasteiger partial charge in [0.1, 0.15) is 0 Å². The summed E-state index contributed by atoms with van der Waals surface area (Å²) in [6.45, 7) is 0. The molecule has 4 nitrogen and oxygen atoms in total. The Morgan fingerprint density at radius 2 is 0.836 bits per heavy atom. The second kappa shape index (κ2) is 15.0. The molecule has 1 heterocycles. The Morgan fingerprint density at radius 1 is 0.364 bits per heavy atom. The molecule has 0 radical (unpaired) electrons. The van der Waals surface area contributed by atoms with Crippen LogP contribution in [-0.2, 0) is 6.42 Å². The first kappa shape index (κ1) is 33.5. The summed E-state index contributed by atoms with van der Waals surface area (Å²) in [6, 6.07) is 67.8. The molecule has 0 fully saturated rings. The number of hydrogen-bond donors (Lipinski definition) is 0. The van der Waals surface area contributed by atoms with Gasteiger partial charge < -0.3 is 0 Å². The highest BCUT2D eigenvalue weighted by molar-refractivity contribution is 6.09. The number of fused-ring (bicyclic) bond motifs is 1. The zero-order valence-corrected chi connectivity index (χ0v) is 30.0. The zero-order valence-electron chi connectivity index (χ0n) is 30.0. The number of rotatable bonds is 9. The van der Waals surface area contributed by atoms with Crippen molar-refractivity contribution in [3.05, 3.63) is 211 Å². The molecule has 0 atom stereocenters. The van der Waals surface area contributed by atoms with Crippen LogP contribution in [0.4, 0.5) is 0 Å². The predicted octanol–water partition coefficient (Wildman–Crippen LogP) is 12.5. The van der Waals surface area contributed by atoms with E-state index in [1.807, 2.05) is 97.1 Å². The van der Waals surface area contributed by atoms with Gasteiger partial charge in [-0.15, -0.1) is 0 Å². The molecule has 9 rings (SSSR count). The molecule has 0 saturated heterocycles. The van der Waals surface area contributed by atoms with E-state index < -0.39 is 0 Å². The third-order valence-corrected chi connectivity index (χ3v) is 10.0. The van der Waals surface area contributed by atoms with Gasteiger partial charge in [-0.2, -0.15) is 0 Å². The minimum Gasteiger partial charge on any atom is -0.294 e. The summed E-state index contributed by atoms with van der Waals surface area (Å²) in [5, 5.41) is 2.03. The van der Waals surface area contributed by atoms with E-state index in [0.717, 1.165) is 72.0 Å². The maximum Gasteiger partial charge on any atom is 0.167 e. The third kappa shape index (κ3) is 6.97. The second-order valence-electron chi connectivity index (χ2n) is 13.5. The van der Waals surface area contributed by atoms with Crippen molar-refractivity contribution >= 4 is 16.6 Å². The summed E-state index contributed by atoms with van der Waals surface area (Å²) in [7, 11) is 0. The van der Waals surface area contributed by atoms with E-state index in [1.54, 1.807) is 0 Å². The number of carbonyl (C=O) groups excluding carboxylic acids is 1. The maximum absolute atomic E-state index is 14.3. The molecule has 9 aromatic rings. The van der Waals surface area contributed by atoms with Crippen LogP contribution < -0.4 is 0 Å². The number of aromatic nitrogens is 3. The standard InChI is InChI=1S/C51H35N3O/c55-48(47-26-14-22-37-17-10-11-24-44(37)47)34-42-33-41(31-32-45(42)46-25-13-12-23-43(46)36-15-4-1-5-16-36)35-27-29-40(30-28-35)51-53-49(38-18-6-2-7-19-38)52-50(54-51)39-20-8-3-9-21-39/h1-33H,34H2. The smallest absolute Gasteiger partial charge is 0.167 e. The van der Waals surface area contributed by atoms with Crippen LogP contribution in [0.1, 0.15) is 15.9 Å². The molecule has 260 valence electrons. The number of Topliss-reactive ketones (excluding diaryl/α,β-unsaturated/α-hetero) is 1. The lowest BCUT2D eigenvalue weighted by Crippen LogP contribution is -2.06. The third-order valence-electron chi connectivity index (χ3n) is 10.0. The van der Waals surface area contributed by atoms with Crippen molar-refractivity contribution in [1.29, 1.82) is 0 Å². The summed E-state index contributed by atoms with van der Waals surface area (Å²) in [5.74, 6) is 1.94. The van der Waals surface area contributed by atoms with Gasteiger partial charge >= 0.3 is 0 Å². The molecular weight excluding hydrogens is 671 g/mol. The molecule has 0 aliphatic carbocycles. The van der Waals surface area contributed by atoms with Gasteiger partial charge in [0.25, 0.3) is 0 Å². The first-order valence-electron chi connectivity index (χ1n) is 18.4. The van der Waals surface area contributed by atoms with Crippen molar-refractivity contribution in [3.8, 4) is 67.5 Å². The average molecular weight is 706 g/mol. The summed E-state index contributed by atoms with van der Waals surface area (Å²) in [6.07, 6.45) is 0.258. The number of ketones is 1. The van der Waals surface area contributed by atoms with E-state index in [9.17, 15) is 4.79 Å². The number of hydrogen-bond acceptors (Lipinski definition) is 4. The normalized spacial score (nSPS) is 11.1. The highest BCUT2D eigenvalue weighted by Gasteiger charge is 2.18. The molecule has 55 heavy (non-hydrogen) atoms. The van der Waals surface area contributed by atoms with E-state index in [4.69, 9.17) is 15.0 Å². The summed E-state index contributed by atoms with van der Waals surface area (Å²) < 4.78 is 0. The Hall–Kier alpha value is -7.30. The largest absolute Gasteiger partial charge is 0.294 e. The van der Waals surface area contributed by atoms with Crippen LogP contribution >= 0.6 is 0 Å². The molecule has 0 saturated carbocycles. The highest BCUT2D eigenvalue weighted by atomic mass is 16.1. The monoisotopic (exact) mass is 705 g/mol. The lowest BCUT2D eigenvalue weighted by Gasteiger charge is -2.16. The van der Waals surface area contributed by atoms with E-state index in [-0.39, 0.29) is 12.2 Å². The Balaban J connectivity index is 1.12. The highest BCUT2D eigenvalue weighted by Crippen LogP contribution is 2.37. The molecule has 0 aliphatic rings. The van der Waals surface area contributed by atoms with Crippen molar-refractivity contribution in [2.45, 2.75) is 6.42 Å². The van der Waals surface area contributed by atoms with Crippen LogP contribution in [0.25, 0.3) is 78.3 Å². The van der Waals surface area contributed by atoms with Gasteiger partial charge in [0.2, 0.25) is 0 Å². The zero-order chi connectivity index (χ0) is 37.0. The molecule has 0 N–H and O–H groups in total. The van der Waals surface area contributed by atoms with Crippen LogP contribution in [0.3, 0.4) is 0 Å². The predicted molar refractivity (Wildman–Crippen MR) is 224 cm³/mol. The molecule has 0 unspecified atom stereocenters. The molecule has 0 aliphatic heterocycles. The first-order valence-corrected chi connectivity index (χ1v) is 18.4. The lowest BCUT2D eigenvalue weighted by atomic mass is 9.87. The second-order valence-corrected chi connectivity index (χ2v) is 13.5. The van der Waals surface area contributed by atoms with Gasteiger partial charge in [0.15, 0.2) is 23.3 Å². The fourth-order valence-corrected chi connectivity index (χ4v) is 7.26. The van der Waals surface area contributed by atoms with E-state index in [1.165, 1.54) is 0 Å². The van der Waals surface area contributed by atoms with Gasteiger partial charge in [-0.25, -0.2) is 15.0 Å². The van der Waals surface area contributed by atoms with Crippen molar-refractivity contribution in [2.75, 3.05) is 0 Å². The fourth-order valence-electron chi connectivity index (χ4n) is 7.26. The van der Waals surface area contributed by atoms with Gasteiger partial charge in [-0.3, -0.25) is 4.79 Å². The Labute approximate surface area is 320 Å². The average Bonchev–Trinajstić information content (AvgIpc) is 3.27. The van der Waals surface area contributed by atoms with Gasteiger partial charge in [-0.05, 0) is 49.7 Å². The molecule has 0 bridgehead atoms. The maximum atomic E-state index is 14.3. The number of carbonyl (C=O) groups is 1. The molecule has 1 aromatic heterocycles. The van der Waals surface area contributed by atoms with Crippen molar-refractivity contribution in [3.63, 3.8) is 0 Å². The topological polar surface area (TPSA) is 55.7 Å². The molecule has 8 aromatic carbocycles. The van der Waals surface area contributed by atoms with Crippen LogP contribution in [0.15, 0.2) is 200 Å². The minimum absolute atomic E-state index is 0.0843. The number of benzene rings is 8. The Bertz CT molecular complexity index is 2720. The van der Waals surface area contributed by atoms with Crippen LogP contribution in [0.5, 0.6) is 0 Å². The quantitative estimate of drug-likeness (QED) is 0.140. The summed E-state index contributed by atoms with van der Waals surface area (Å²) in [4.78, 5) is 28.9. The van der Waals surface area contributed by atoms with E-state index in [2.05, 4.69) is 103 Å². The van der Waals surface area contributed by atoms with Crippen molar-refractivity contribution < 1.29 is 4.79 Å². The fraction of sp³-hybridized carbons (Fsp3) is 0.0196. The molecule has 0 spiro atoms. The molecular formula is C51H35N3O. The summed E-state index contributed by atoms with van der Waals surface area (Å²) in [5.41, 5.74) is 10.9. The summed E-state index contributed by atoms with van der Waals surface area (Å²) >= 11 is 0.